The molecule has 2 heterocycles. The van der Waals surface area contributed by atoms with Crippen molar-refractivity contribution in [2.75, 3.05) is 18.0 Å². The van der Waals surface area contributed by atoms with Crippen LogP contribution in [0.5, 0.6) is 0 Å². The monoisotopic (exact) mass is 488 g/mol. The van der Waals surface area contributed by atoms with Crippen molar-refractivity contribution < 1.29 is 9.59 Å². The van der Waals surface area contributed by atoms with Crippen LogP contribution in [0.2, 0.25) is 0 Å². The molecule has 1 aliphatic heterocycles. The minimum Gasteiger partial charge on any atom is -0.348 e. The molecule has 8 heteroatoms. The van der Waals surface area contributed by atoms with Crippen LogP contribution in [0.3, 0.4) is 0 Å². The summed E-state index contributed by atoms with van der Waals surface area (Å²) in [5.41, 5.74) is 1.86. The smallest absolute Gasteiger partial charge is 0.251 e. The SMILES string of the molecule is CCc1ccc(N(C(=O)C2CCCN2C#N)C(C(=O)NC(C)(C)CNC2CC2)c2cccnc2)cc1. The van der Waals surface area contributed by atoms with Crippen LogP contribution >= 0.6 is 0 Å². The molecule has 2 atom stereocenters. The zero-order valence-corrected chi connectivity index (χ0v) is 21.4. The number of rotatable bonds is 10. The molecule has 2 aromatic rings. The quantitative estimate of drug-likeness (QED) is 0.498. The lowest BCUT2D eigenvalue weighted by molar-refractivity contribution is -0.129. The molecule has 1 aliphatic carbocycles. The van der Waals surface area contributed by atoms with Gasteiger partial charge in [-0.05, 0) is 69.7 Å². The normalized spacial score (nSPS) is 18.4. The van der Waals surface area contributed by atoms with Crippen molar-refractivity contribution >= 4 is 17.5 Å². The molecule has 190 valence electrons. The van der Waals surface area contributed by atoms with Gasteiger partial charge in [0.05, 0.1) is 0 Å². The first-order valence-electron chi connectivity index (χ1n) is 12.9. The van der Waals surface area contributed by atoms with E-state index in [4.69, 9.17) is 0 Å². The van der Waals surface area contributed by atoms with E-state index in [0.29, 0.717) is 36.8 Å². The predicted octanol–water partition coefficient (Wildman–Crippen LogP) is 3.31. The second-order valence-electron chi connectivity index (χ2n) is 10.4. The van der Waals surface area contributed by atoms with Gasteiger partial charge >= 0.3 is 0 Å². The highest BCUT2D eigenvalue weighted by Crippen LogP contribution is 2.32. The van der Waals surface area contributed by atoms with Crippen molar-refractivity contribution in [2.45, 2.75) is 76.5 Å². The van der Waals surface area contributed by atoms with Gasteiger partial charge < -0.3 is 10.6 Å². The maximum Gasteiger partial charge on any atom is 0.251 e. The lowest BCUT2D eigenvalue weighted by Crippen LogP contribution is -2.56. The van der Waals surface area contributed by atoms with E-state index in [1.165, 1.54) is 4.90 Å². The second-order valence-corrected chi connectivity index (χ2v) is 10.4. The molecule has 2 amide bonds. The Morgan fingerprint density at radius 3 is 2.58 bits per heavy atom. The Bertz CT molecular complexity index is 1090. The number of amides is 2. The van der Waals surface area contributed by atoms with Crippen LogP contribution in [0.25, 0.3) is 0 Å². The number of nitrogens with zero attached hydrogens (tertiary/aromatic N) is 4. The zero-order chi connectivity index (χ0) is 25.7. The number of hydrogen-bond acceptors (Lipinski definition) is 6. The van der Waals surface area contributed by atoms with Gasteiger partial charge in [0.15, 0.2) is 6.19 Å². The van der Waals surface area contributed by atoms with Crippen LogP contribution < -0.4 is 15.5 Å². The summed E-state index contributed by atoms with van der Waals surface area (Å²) in [5.74, 6) is -0.531. The van der Waals surface area contributed by atoms with Gasteiger partial charge in [0, 0.05) is 48.3 Å². The van der Waals surface area contributed by atoms with Gasteiger partial charge in [-0.2, -0.15) is 5.26 Å². The van der Waals surface area contributed by atoms with Crippen molar-refractivity contribution in [1.29, 1.82) is 5.26 Å². The first-order chi connectivity index (χ1) is 17.3. The van der Waals surface area contributed by atoms with Crippen LogP contribution in [-0.2, 0) is 16.0 Å². The maximum absolute atomic E-state index is 14.1. The number of carbonyl (C=O) groups is 2. The molecule has 1 aromatic heterocycles. The molecule has 0 spiro atoms. The van der Waals surface area contributed by atoms with Gasteiger partial charge in [0.1, 0.15) is 12.1 Å². The fourth-order valence-electron chi connectivity index (χ4n) is 4.69. The fourth-order valence-corrected chi connectivity index (χ4v) is 4.69. The summed E-state index contributed by atoms with van der Waals surface area (Å²) in [6.07, 6.45) is 9.98. The van der Waals surface area contributed by atoms with Crippen LogP contribution in [0.1, 0.15) is 63.6 Å². The Morgan fingerprint density at radius 1 is 1.22 bits per heavy atom. The molecule has 2 fully saturated rings. The number of aryl methyl sites for hydroxylation is 1. The van der Waals surface area contributed by atoms with Gasteiger partial charge in [0.2, 0.25) is 5.91 Å². The van der Waals surface area contributed by atoms with Crippen molar-refractivity contribution in [1.82, 2.24) is 20.5 Å². The number of hydrogen-bond donors (Lipinski definition) is 2. The lowest BCUT2D eigenvalue weighted by atomic mass is 9.99. The molecule has 0 bridgehead atoms. The molecule has 2 N–H and O–H groups in total. The number of anilines is 1. The van der Waals surface area contributed by atoms with Gasteiger partial charge in [-0.15, -0.1) is 0 Å². The molecular weight excluding hydrogens is 452 g/mol. The Kier molecular flexibility index (Phi) is 7.90. The Hall–Kier alpha value is -3.44. The van der Waals surface area contributed by atoms with Gasteiger partial charge in [-0.3, -0.25) is 24.4 Å². The standard InChI is InChI=1S/C28H36N6O2/c1-4-20-9-13-23(14-10-20)34(27(36)24-8-6-16-33(24)19-29)25(21-7-5-15-30-17-21)26(35)32-28(2,3)18-31-22-11-12-22/h5,7,9-10,13-15,17,22,24-25,31H,4,6,8,11-12,16,18H2,1-3H3,(H,32,35). The molecule has 8 nitrogen and oxygen atoms in total. The number of benzene rings is 1. The molecule has 2 aliphatic rings. The van der Waals surface area contributed by atoms with Crippen molar-refractivity contribution in [3.05, 3.63) is 59.9 Å². The average molecular weight is 489 g/mol. The van der Waals surface area contributed by atoms with Crippen LogP contribution in [-0.4, -0.2) is 52.4 Å². The number of carbonyl (C=O) groups excluding carboxylic acids is 2. The summed E-state index contributed by atoms with van der Waals surface area (Å²) in [6, 6.07) is 10.3. The number of aromatic nitrogens is 1. The molecule has 1 aromatic carbocycles. The third-order valence-corrected chi connectivity index (χ3v) is 6.90. The van der Waals surface area contributed by atoms with E-state index < -0.39 is 17.6 Å². The highest BCUT2D eigenvalue weighted by Gasteiger charge is 2.41. The topological polar surface area (TPSA) is 101 Å². The van der Waals surface area contributed by atoms with Crippen molar-refractivity contribution in [3.8, 4) is 6.19 Å². The molecule has 1 saturated carbocycles. The molecule has 2 unspecified atom stereocenters. The molecule has 1 saturated heterocycles. The lowest BCUT2D eigenvalue weighted by Gasteiger charge is -2.36. The van der Waals surface area contributed by atoms with Gasteiger partial charge in [-0.25, -0.2) is 0 Å². The number of likely N-dealkylation sites (tertiary alicyclic amines) is 1. The highest BCUT2D eigenvalue weighted by molar-refractivity contribution is 6.04. The minimum absolute atomic E-state index is 0.254. The van der Waals surface area contributed by atoms with E-state index in [-0.39, 0.29) is 11.8 Å². The Balaban J connectivity index is 1.73. The summed E-state index contributed by atoms with van der Waals surface area (Å²) >= 11 is 0. The highest BCUT2D eigenvalue weighted by atomic mass is 16.2. The molecule has 4 rings (SSSR count). The molecular formula is C28H36N6O2. The Morgan fingerprint density at radius 2 is 1.97 bits per heavy atom. The zero-order valence-electron chi connectivity index (χ0n) is 21.4. The number of pyridine rings is 1. The van der Waals surface area contributed by atoms with Crippen molar-refractivity contribution in [3.63, 3.8) is 0 Å². The number of nitriles is 1. The third-order valence-electron chi connectivity index (χ3n) is 6.90. The predicted molar refractivity (Wildman–Crippen MR) is 139 cm³/mol. The van der Waals surface area contributed by atoms with Crippen molar-refractivity contribution in [2.24, 2.45) is 0 Å². The minimum atomic E-state index is -0.931. The average Bonchev–Trinajstić information content (AvgIpc) is 3.60. The first kappa shape index (κ1) is 25.6. The van der Waals surface area contributed by atoms with E-state index in [9.17, 15) is 14.9 Å². The van der Waals surface area contributed by atoms with Gasteiger partial charge in [-0.1, -0.05) is 25.1 Å². The number of nitrogens with one attached hydrogen (secondary N) is 2. The largest absolute Gasteiger partial charge is 0.348 e. The maximum atomic E-state index is 14.1. The van der Waals surface area contributed by atoms with E-state index in [1.807, 2.05) is 44.2 Å². The van der Waals surface area contributed by atoms with Crippen LogP contribution in [0.15, 0.2) is 48.8 Å². The summed E-state index contributed by atoms with van der Waals surface area (Å²) in [7, 11) is 0. The van der Waals surface area contributed by atoms with Crippen LogP contribution in [0.4, 0.5) is 5.69 Å². The molecule has 36 heavy (non-hydrogen) atoms. The molecule has 0 radical (unpaired) electrons. The second kappa shape index (κ2) is 11.1. The third kappa shape index (κ3) is 6.03. The Labute approximate surface area is 213 Å². The summed E-state index contributed by atoms with van der Waals surface area (Å²) < 4.78 is 0. The summed E-state index contributed by atoms with van der Waals surface area (Å²) in [4.78, 5) is 35.4. The van der Waals surface area contributed by atoms with E-state index in [2.05, 4.69) is 28.7 Å². The summed E-state index contributed by atoms with van der Waals surface area (Å²) in [6.45, 7) is 7.21. The van der Waals surface area contributed by atoms with Gasteiger partial charge in [0.25, 0.3) is 5.91 Å². The first-order valence-corrected chi connectivity index (χ1v) is 12.9. The fraction of sp³-hybridized carbons (Fsp3) is 0.500. The summed E-state index contributed by atoms with van der Waals surface area (Å²) in [5, 5.41) is 16.3. The van der Waals surface area contributed by atoms with Crippen LogP contribution in [0, 0.1) is 11.5 Å². The van der Waals surface area contributed by atoms with E-state index in [0.717, 1.165) is 31.2 Å². The van der Waals surface area contributed by atoms with E-state index in [1.54, 1.807) is 23.4 Å². The van der Waals surface area contributed by atoms with E-state index >= 15 is 0 Å².